The zero-order chi connectivity index (χ0) is 21.0. The molecule has 4 aromatic carbocycles. The predicted molar refractivity (Wildman–Crippen MR) is 131 cm³/mol. The van der Waals surface area contributed by atoms with Crippen LogP contribution >= 0.6 is 0 Å². The zero-order valence-electron chi connectivity index (χ0n) is 18.3. The first-order valence-electron chi connectivity index (χ1n) is 9.13. The van der Waals surface area contributed by atoms with E-state index in [0.717, 1.165) is 9.52 Å². The van der Waals surface area contributed by atoms with Crippen LogP contribution in [0.4, 0.5) is 0 Å². The van der Waals surface area contributed by atoms with Gasteiger partial charge in [0.15, 0.2) is 0 Å². The van der Waals surface area contributed by atoms with Gasteiger partial charge < -0.3 is 10.6 Å². The maximum absolute atomic E-state index is 3.50. The van der Waals surface area contributed by atoms with E-state index in [2.05, 4.69) is 109 Å². The summed E-state index contributed by atoms with van der Waals surface area (Å²) in [6, 6.07) is 29.3. The van der Waals surface area contributed by atoms with Crippen molar-refractivity contribution in [2.45, 2.75) is 6.55 Å². The minimum Gasteiger partial charge on any atom is -0.668 e. The Bertz CT molecular complexity index is 723. The van der Waals surface area contributed by atoms with Crippen molar-refractivity contribution in [2.75, 3.05) is 28.2 Å². The topological polar surface area (TPSA) is 28.2 Å². The van der Waals surface area contributed by atoms with Gasteiger partial charge in [-0.1, -0.05) is 18.7 Å². The average molecular weight is 480 g/mol. The first-order chi connectivity index (χ1) is 13.7. The van der Waals surface area contributed by atoms with Crippen LogP contribution in [0.15, 0.2) is 97.2 Å². The molecular weight excluding hydrogens is 448 g/mol. The molecule has 0 aliphatic carbocycles. The quantitative estimate of drug-likeness (QED) is 0.203. The van der Waals surface area contributed by atoms with Gasteiger partial charge in [0.1, 0.15) is 0 Å². The predicted octanol–water partition coefficient (Wildman–Crippen LogP) is 7.24. The number of fused-ring (bicyclic) bond motifs is 2. The Morgan fingerprint density at radius 3 is 1.31 bits per heavy atom. The normalized spacial score (nSPS) is 8.45. The number of hydrogen-bond acceptors (Lipinski definition) is 0. The fourth-order valence-corrected chi connectivity index (χ4v) is 2.14. The fourth-order valence-electron chi connectivity index (χ4n) is 2.14. The third-order valence-electron chi connectivity index (χ3n) is 3.30. The summed E-state index contributed by atoms with van der Waals surface area (Å²) < 4.78 is 0. The summed E-state index contributed by atoms with van der Waals surface area (Å²) in [6.45, 7) is 5.58. The molecule has 0 aromatic heterocycles. The molecule has 150 valence electrons. The van der Waals surface area contributed by atoms with E-state index in [4.69, 9.17) is 0 Å². The molecule has 4 aromatic rings. The minimum atomic E-state index is 0. The average Bonchev–Trinajstić information content (AvgIpc) is 3.39. The molecule has 29 heavy (non-hydrogen) atoms. The van der Waals surface area contributed by atoms with Crippen molar-refractivity contribution < 1.29 is 26.2 Å². The van der Waals surface area contributed by atoms with E-state index in [-0.39, 0.29) is 26.2 Å². The maximum atomic E-state index is 3.50. The molecule has 0 saturated carbocycles. The van der Waals surface area contributed by atoms with E-state index >= 15 is 0 Å². The third-order valence-corrected chi connectivity index (χ3v) is 3.71. The molecule has 0 fully saturated rings. The fraction of sp³-hybridized carbons (Fsp3) is 0.200. The molecule has 0 saturated heterocycles. The van der Waals surface area contributed by atoms with Gasteiger partial charge in [0.25, 0.3) is 0 Å². The van der Waals surface area contributed by atoms with Crippen LogP contribution in [0.1, 0.15) is 0 Å². The summed E-state index contributed by atoms with van der Waals surface area (Å²) >= 11 is 0. The molecule has 0 aliphatic rings. The molecular formula is C25H32N2SiZr. The molecule has 2 nitrogen and oxygen atoms in total. The number of hydrogen-bond donors (Lipinski definition) is 0. The first kappa shape index (κ1) is 29.6. The largest absolute Gasteiger partial charge is 4.00 e. The van der Waals surface area contributed by atoms with Crippen molar-refractivity contribution in [3.8, 4) is 0 Å². The van der Waals surface area contributed by atoms with E-state index in [1.165, 1.54) is 21.5 Å². The van der Waals surface area contributed by atoms with Gasteiger partial charge in [0, 0.05) is 0 Å². The summed E-state index contributed by atoms with van der Waals surface area (Å²) in [5.41, 5.74) is 1.90. The van der Waals surface area contributed by atoms with Crippen molar-refractivity contribution in [2.24, 2.45) is 0 Å². The van der Waals surface area contributed by atoms with E-state index in [0.29, 0.717) is 0 Å². The molecule has 4 rings (SSSR count). The molecule has 0 amide bonds. The van der Waals surface area contributed by atoms with Crippen LogP contribution in [0.2, 0.25) is 6.55 Å². The van der Waals surface area contributed by atoms with Gasteiger partial charge in [-0.2, -0.15) is 63.2 Å². The molecule has 2 radical (unpaired) electrons. The molecule has 0 heterocycles. The van der Waals surface area contributed by atoms with Crippen LogP contribution < -0.4 is 0 Å². The van der Waals surface area contributed by atoms with Crippen molar-refractivity contribution >= 4 is 31.1 Å². The van der Waals surface area contributed by atoms with Gasteiger partial charge in [-0.05, 0) is 0 Å². The van der Waals surface area contributed by atoms with Crippen LogP contribution in [0.5, 0.6) is 0 Å². The van der Waals surface area contributed by atoms with Gasteiger partial charge in [0.2, 0.25) is 0 Å². The Kier molecular flexibility index (Phi) is 21.6. The number of benzene rings is 2. The Labute approximate surface area is 199 Å². The summed E-state index contributed by atoms with van der Waals surface area (Å²) in [5, 5.41) is 12.3. The summed E-state index contributed by atoms with van der Waals surface area (Å²) in [7, 11) is 7.90. The van der Waals surface area contributed by atoms with Crippen molar-refractivity contribution in [3.05, 3.63) is 108 Å². The monoisotopic (exact) mass is 478 g/mol. The Morgan fingerprint density at radius 1 is 0.724 bits per heavy atom. The number of nitrogens with zero attached hydrogens (tertiary/aromatic N) is 2. The first-order valence-corrected chi connectivity index (χ1v) is 10.7. The zero-order valence-corrected chi connectivity index (χ0v) is 21.7. The van der Waals surface area contributed by atoms with E-state index in [9.17, 15) is 0 Å². The molecule has 0 bridgehead atoms. The summed E-state index contributed by atoms with van der Waals surface area (Å²) in [4.78, 5) is 0. The molecule has 0 unspecified atom stereocenters. The van der Waals surface area contributed by atoms with E-state index < -0.39 is 0 Å². The summed E-state index contributed by atoms with van der Waals surface area (Å²) in [6.07, 6.45) is 0. The van der Waals surface area contributed by atoms with Crippen LogP contribution in [-0.2, 0) is 26.2 Å². The van der Waals surface area contributed by atoms with Gasteiger partial charge in [0.05, 0.1) is 9.52 Å². The Balaban J connectivity index is 0. The molecule has 0 spiro atoms. The molecule has 4 heteroatoms. The van der Waals surface area contributed by atoms with Gasteiger partial charge in [-0.3, -0.25) is 0 Å². The Morgan fingerprint density at radius 2 is 1.03 bits per heavy atom. The van der Waals surface area contributed by atoms with E-state index in [1.54, 1.807) is 28.2 Å². The third kappa shape index (κ3) is 14.1. The van der Waals surface area contributed by atoms with Crippen molar-refractivity contribution in [1.29, 1.82) is 0 Å². The minimum absolute atomic E-state index is 0. The second-order valence-electron chi connectivity index (χ2n) is 5.70. The standard InChI is InChI=1S/2C9H7.C3H6Si.2C2H6N.Zr/c2*1-2-5-9-7-3-6-8(9)4-1;1-3-4-2;2*1-3-2;/h2*1-7H;3H,1H2,2H3;2*1-2H3;/q2*-1;;2*-1;+4. The van der Waals surface area contributed by atoms with Crippen LogP contribution in [-0.4, -0.2) is 37.7 Å². The van der Waals surface area contributed by atoms with Crippen molar-refractivity contribution in [3.63, 3.8) is 0 Å². The molecule has 0 N–H and O–H groups in total. The number of rotatable bonds is 1. The van der Waals surface area contributed by atoms with Crippen LogP contribution in [0, 0.1) is 0 Å². The summed E-state index contributed by atoms with van der Waals surface area (Å²) in [5.74, 6) is 0. The second-order valence-corrected chi connectivity index (χ2v) is 6.68. The SMILES string of the molecule is C=C[Si]C.C[N-]C.C[N-]C.[Zr+4].c1ccc2[cH-]ccc2c1.c1ccc2[cH-]ccc2c1. The van der Waals surface area contributed by atoms with E-state index in [1.807, 2.05) is 5.70 Å². The van der Waals surface area contributed by atoms with Crippen molar-refractivity contribution in [1.82, 2.24) is 0 Å². The Hall–Kier alpha value is -1.58. The molecule has 0 atom stereocenters. The molecule has 0 aliphatic heterocycles. The van der Waals surface area contributed by atoms with Crippen LogP contribution in [0.3, 0.4) is 0 Å². The van der Waals surface area contributed by atoms with Gasteiger partial charge in [-0.25, -0.2) is 0 Å². The second kappa shape index (κ2) is 21.1. The van der Waals surface area contributed by atoms with Gasteiger partial charge >= 0.3 is 26.2 Å². The smallest absolute Gasteiger partial charge is 0.668 e. The van der Waals surface area contributed by atoms with Crippen LogP contribution in [0.25, 0.3) is 32.2 Å². The van der Waals surface area contributed by atoms with Gasteiger partial charge in [-0.15, -0.1) is 71.6 Å². The maximum Gasteiger partial charge on any atom is 4.00 e.